The maximum Gasteiger partial charge on any atom is 0.472 e. The fraction of sp³-hybridized carbons (Fsp3) is 0.702. The lowest BCUT2D eigenvalue weighted by molar-refractivity contribution is -0.870. The van der Waals surface area contributed by atoms with Crippen LogP contribution in [0, 0.1) is 0 Å². The van der Waals surface area contributed by atoms with Gasteiger partial charge in [0.1, 0.15) is 13.2 Å². The molecule has 0 aliphatic carbocycles. The van der Waals surface area contributed by atoms with Crippen molar-refractivity contribution in [3.05, 3.63) is 146 Å². The Morgan fingerprint density at radius 2 is 0.656 bits per heavy atom. The minimum atomic E-state index is -4.38. The summed E-state index contributed by atoms with van der Waals surface area (Å²) in [4.78, 5) is 23.5. The summed E-state index contributed by atoms with van der Waals surface area (Å²) in [5, 5.41) is 14.0. The molecule has 0 heterocycles. The van der Waals surface area contributed by atoms with Gasteiger partial charge in [0.25, 0.3) is 0 Å². The monoisotopic (exact) mass is 1310 g/mol. The first-order valence-corrected chi connectivity index (χ1v) is 40.2. The molecule has 0 aliphatic heterocycles. The molecule has 8 nitrogen and oxygen atoms in total. The van der Waals surface area contributed by atoms with Crippen LogP contribution in [-0.2, 0) is 18.4 Å². The number of rotatable bonds is 70. The zero-order valence-electron chi connectivity index (χ0n) is 61.2. The molecule has 0 saturated heterocycles. The second-order valence-corrected chi connectivity index (χ2v) is 28.4. The van der Waals surface area contributed by atoms with E-state index in [9.17, 15) is 19.4 Å². The van der Waals surface area contributed by atoms with Crippen LogP contribution in [-0.4, -0.2) is 73.4 Å². The standard InChI is InChI=1S/C84H147N2O6P/c1-6-8-10-12-14-16-18-20-22-24-26-28-30-32-34-36-38-39-40-41-42-43-44-45-46-47-48-50-52-54-56-58-60-62-64-66-68-70-72-74-76-78-84(88)85-82(81-92-93(89,90)91-80-79-86(3,4)5)83(87)77-75-73-71-69-67-65-63-61-59-57-55-53-51-49-37-35-33-31-29-27-25-23-21-19-17-15-13-11-9-7-2/h8,10,14,16,20,22,26,28,32,34,38-39,41-42,44-45,47-48,59,61,67,69,75,77,82-83,87H,6-7,9,11-13,15,17-19,21,23-25,27,29-31,33,35-37,40,43,46,49-58,60,62-66,68,70-74,76,78-81H2,1-5H3,(H-,85,88,89,90)/p+1/b10-8-,16-14-,22-20-,28-26-,34-32-,39-38-,42-41-,45-44-,48-47-,61-59+,69-67+,77-75+. The molecular weight excluding hydrogens is 1160 g/mol. The predicted octanol–water partition coefficient (Wildman–Crippen LogP) is 25.5. The number of unbranched alkanes of at least 4 members (excludes halogenated alkanes) is 35. The van der Waals surface area contributed by atoms with Gasteiger partial charge in [0, 0.05) is 6.42 Å². The number of carbonyl (C=O) groups is 1. The Bertz CT molecular complexity index is 2030. The molecule has 0 aromatic rings. The highest BCUT2D eigenvalue weighted by Gasteiger charge is 2.28. The molecule has 534 valence electrons. The van der Waals surface area contributed by atoms with Crippen LogP contribution in [0.25, 0.3) is 0 Å². The van der Waals surface area contributed by atoms with Crippen LogP contribution in [0.15, 0.2) is 146 Å². The number of carbonyl (C=O) groups excluding carboxylic acids is 1. The number of hydrogen-bond donors (Lipinski definition) is 3. The van der Waals surface area contributed by atoms with Crippen molar-refractivity contribution in [2.45, 2.75) is 341 Å². The Morgan fingerprint density at radius 1 is 0.376 bits per heavy atom. The van der Waals surface area contributed by atoms with Crippen molar-refractivity contribution < 1.29 is 32.9 Å². The van der Waals surface area contributed by atoms with E-state index in [1.807, 2.05) is 27.2 Å². The third-order valence-corrected chi connectivity index (χ3v) is 17.8. The van der Waals surface area contributed by atoms with Gasteiger partial charge in [-0.3, -0.25) is 13.8 Å². The van der Waals surface area contributed by atoms with Crippen molar-refractivity contribution in [2.75, 3.05) is 40.9 Å². The van der Waals surface area contributed by atoms with Gasteiger partial charge >= 0.3 is 7.82 Å². The first-order valence-electron chi connectivity index (χ1n) is 38.7. The molecule has 0 saturated carbocycles. The van der Waals surface area contributed by atoms with Crippen molar-refractivity contribution in [2.24, 2.45) is 0 Å². The number of amides is 1. The summed E-state index contributed by atoms with van der Waals surface area (Å²) >= 11 is 0. The van der Waals surface area contributed by atoms with Crippen molar-refractivity contribution in [1.29, 1.82) is 0 Å². The van der Waals surface area contributed by atoms with Crippen LogP contribution in [0.1, 0.15) is 328 Å². The number of quaternary nitrogens is 1. The topological polar surface area (TPSA) is 105 Å². The lowest BCUT2D eigenvalue weighted by Gasteiger charge is -2.25. The lowest BCUT2D eigenvalue weighted by atomic mass is 10.0. The molecule has 3 N–H and O–H groups in total. The maximum absolute atomic E-state index is 13.1. The number of nitrogens with one attached hydrogen (secondary N) is 1. The highest BCUT2D eigenvalue weighted by molar-refractivity contribution is 7.47. The predicted molar refractivity (Wildman–Crippen MR) is 410 cm³/mol. The molecule has 9 heteroatoms. The second-order valence-electron chi connectivity index (χ2n) is 27.0. The van der Waals surface area contributed by atoms with E-state index in [0.717, 1.165) is 103 Å². The fourth-order valence-electron chi connectivity index (χ4n) is 10.8. The molecule has 0 spiro atoms. The molecule has 0 rings (SSSR count). The Hall–Kier alpha value is -3.62. The average Bonchev–Trinajstić information content (AvgIpc) is 2.75. The van der Waals surface area contributed by atoms with E-state index in [4.69, 9.17) is 9.05 Å². The Morgan fingerprint density at radius 3 is 0.989 bits per heavy atom. The van der Waals surface area contributed by atoms with E-state index in [-0.39, 0.29) is 19.1 Å². The van der Waals surface area contributed by atoms with Gasteiger partial charge in [-0.15, -0.1) is 0 Å². The molecule has 3 unspecified atom stereocenters. The highest BCUT2D eigenvalue weighted by Crippen LogP contribution is 2.43. The van der Waals surface area contributed by atoms with Crippen molar-refractivity contribution in [1.82, 2.24) is 5.32 Å². The third kappa shape index (κ3) is 75.6. The van der Waals surface area contributed by atoms with E-state index in [1.54, 1.807) is 6.08 Å². The van der Waals surface area contributed by atoms with Crippen LogP contribution >= 0.6 is 7.82 Å². The highest BCUT2D eigenvalue weighted by atomic mass is 31.2. The van der Waals surface area contributed by atoms with Crippen LogP contribution < -0.4 is 5.32 Å². The fourth-order valence-corrected chi connectivity index (χ4v) is 11.6. The first kappa shape index (κ1) is 89.4. The summed E-state index contributed by atoms with van der Waals surface area (Å²) in [5.41, 5.74) is 0. The Balaban J connectivity index is 4.11. The Kier molecular flexibility index (Phi) is 69.8. The molecule has 0 radical (unpaired) electrons. The van der Waals surface area contributed by atoms with Crippen molar-refractivity contribution >= 4 is 13.7 Å². The molecule has 0 fully saturated rings. The van der Waals surface area contributed by atoms with E-state index < -0.39 is 20.0 Å². The number of allylic oxidation sites excluding steroid dienone is 23. The normalized spacial score (nSPS) is 14.4. The molecule has 93 heavy (non-hydrogen) atoms. The van der Waals surface area contributed by atoms with E-state index in [1.165, 1.54) is 205 Å². The summed E-state index contributed by atoms with van der Waals surface area (Å²) in [7, 11) is 1.54. The number of nitrogens with zero attached hydrogens (tertiary/aromatic N) is 1. The van der Waals surface area contributed by atoms with Gasteiger partial charge in [0.05, 0.1) is 39.9 Å². The maximum atomic E-state index is 13.1. The Labute approximate surface area is 576 Å². The van der Waals surface area contributed by atoms with Gasteiger partial charge in [-0.1, -0.05) is 352 Å². The van der Waals surface area contributed by atoms with Gasteiger partial charge in [-0.2, -0.15) is 0 Å². The van der Waals surface area contributed by atoms with Gasteiger partial charge in [0.2, 0.25) is 5.91 Å². The van der Waals surface area contributed by atoms with Crippen LogP contribution in [0.3, 0.4) is 0 Å². The molecule has 0 aliphatic rings. The molecule has 0 aromatic carbocycles. The zero-order chi connectivity index (χ0) is 67.6. The summed E-state index contributed by atoms with van der Waals surface area (Å²) in [6.45, 7) is 4.69. The number of hydrogen-bond acceptors (Lipinski definition) is 5. The minimum absolute atomic E-state index is 0.0478. The number of aliphatic hydroxyl groups excluding tert-OH is 1. The van der Waals surface area contributed by atoms with Gasteiger partial charge in [-0.05, 0) is 116 Å². The number of aliphatic hydroxyl groups is 1. The van der Waals surface area contributed by atoms with Crippen LogP contribution in [0.4, 0.5) is 0 Å². The molecule has 0 bridgehead atoms. The minimum Gasteiger partial charge on any atom is -0.387 e. The van der Waals surface area contributed by atoms with Gasteiger partial charge in [-0.25, -0.2) is 4.57 Å². The molecule has 0 aromatic heterocycles. The van der Waals surface area contributed by atoms with Crippen molar-refractivity contribution in [3.63, 3.8) is 0 Å². The lowest BCUT2D eigenvalue weighted by Crippen LogP contribution is -2.45. The zero-order valence-corrected chi connectivity index (χ0v) is 62.1. The first-order chi connectivity index (χ1) is 45.5. The van der Waals surface area contributed by atoms with Gasteiger partial charge in [0.15, 0.2) is 0 Å². The second kappa shape index (κ2) is 72.6. The van der Waals surface area contributed by atoms with E-state index in [2.05, 4.69) is 153 Å². The smallest absolute Gasteiger partial charge is 0.387 e. The SMILES string of the molecule is CC/C=C\C/C=C\C/C=C\C/C=C\C/C=C\C/C=C\C/C=C\C/C=C\C/C=C\CCCCCCCCCCCCCCCC(=O)NC(COP(=O)(O)OCC[N+](C)(C)C)C(O)/C=C/CC/C=C/CC/C=C/CCCCCCCCCCCCCCCCCCCCCC. The third-order valence-electron chi connectivity index (χ3n) is 16.8. The number of phosphoric ester groups is 1. The summed E-state index contributed by atoms with van der Waals surface area (Å²) in [5.74, 6) is -0.194. The average molecular weight is 1310 g/mol. The summed E-state index contributed by atoms with van der Waals surface area (Å²) < 4.78 is 23.8. The molecule has 1 amide bonds. The number of likely N-dealkylation sites (N-methyl/N-ethyl adjacent to an activating group) is 1. The molecule has 3 atom stereocenters. The quantitative estimate of drug-likeness (QED) is 0.0243. The van der Waals surface area contributed by atoms with Gasteiger partial charge < -0.3 is 19.8 Å². The summed E-state index contributed by atoms with van der Waals surface area (Å²) in [6.07, 6.45) is 112. The van der Waals surface area contributed by atoms with Crippen LogP contribution in [0.2, 0.25) is 0 Å². The van der Waals surface area contributed by atoms with Crippen LogP contribution in [0.5, 0.6) is 0 Å². The van der Waals surface area contributed by atoms with Crippen molar-refractivity contribution in [3.8, 4) is 0 Å². The molecular formula is C84H148N2O6P+. The van der Waals surface area contributed by atoms with E-state index in [0.29, 0.717) is 17.4 Å². The summed E-state index contributed by atoms with van der Waals surface area (Å²) in [6, 6.07) is -0.882. The van der Waals surface area contributed by atoms with E-state index >= 15 is 0 Å². The number of phosphoric acid groups is 1. The largest absolute Gasteiger partial charge is 0.472 e.